The summed E-state index contributed by atoms with van der Waals surface area (Å²) in [7, 11) is 0. The number of imidazole rings is 1. The summed E-state index contributed by atoms with van der Waals surface area (Å²) in [6.07, 6.45) is 14.0. The number of halogens is 1. The van der Waals surface area contributed by atoms with Gasteiger partial charge in [-0.15, -0.1) is 0 Å². The predicted octanol–water partition coefficient (Wildman–Crippen LogP) is 6.16. The Kier molecular flexibility index (Phi) is 7.92. The van der Waals surface area contributed by atoms with E-state index < -0.39 is 0 Å². The Morgan fingerprint density at radius 1 is 0.935 bits per heavy atom. The number of aromatic amines is 1. The minimum Gasteiger partial charge on any atom is -0.351 e. The zero-order valence-corrected chi connectivity index (χ0v) is 18.8. The van der Waals surface area contributed by atoms with Crippen molar-refractivity contribution < 1.29 is 0 Å². The molecule has 0 bridgehead atoms. The Hall–Kier alpha value is -2.43. The van der Waals surface area contributed by atoms with Crippen molar-refractivity contribution in [3.63, 3.8) is 0 Å². The quantitative estimate of drug-likeness (QED) is 0.410. The van der Waals surface area contributed by atoms with Crippen LogP contribution in [0, 0.1) is 0 Å². The van der Waals surface area contributed by atoms with Crippen molar-refractivity contribution in [3.05, 3.63) is 88.7 Å². The number of unbranched alkanes of at least 4 members (excludes halogenated alkanes) is 3. The first kappa shape index (κ1) is 21.8. The summed E-state index contributed by atoms with van der Waals surface area (Å²) >= 11 is 6.13. The lowest BCUT2D eigenvalue weighted by Crippen LogP contribution is -2.32. The van der Waals surface area contributed by atoms with Crippen molar-refractivity contribution in [2.24, 2.45) is 0 Å². The molecule has 0 aliphatic carbocycles. The van der Waals surface area contributed by atoms with E-state index in [1.54, 1.807) is 6.33 Å². The van der Waals surface area contributed by atoms with Crippen molar-refractivity contribution in [3.8, 4) is 0 Å². The minimum atomic E-state index is 0.772. The molecule has 4 nitrogen and oxygen atoms in total. The number of hydrogen-bond donors (Lipinski definition) is 1. The van der Waals surface area contributed by atoms with E-state index in [-0.39, 0.29) is 0 Å². The number of nitrogens with one attached hydrogen (secondary N) is 1. The molecule has 1 aliphatic heterocycles. The molecule has 3 heterocycles. The van der Waals surface area contributed by atoms with Crippen molar-refractivity contribution in [1.82, 2.24) is 19.9 Å². The minimum absolute atomic E-state index is 0.772. The third-order valence-corrected chi connectivity index (χ3v) is 6.33. The maximum atomic E-state index is 6.13. The number of hydrogen-bond acceptors (Lipinski definition) is 3. The smallest absolute Gasteiger partial charge is 0.0923 e. The van der Waals surface area contributed by atoms with Gasteiger partial charge in [-0.3, -0.25) is 4.98 Å². The highest BCUT2D eigenvalue weighted by Gasteiger charge is 2.19. The van der Waals surface area contributed by atoms with E-state index in [0.717, 1.165) is 43.1 Å². The van der Waals surface area contributed by atoms with Crippen LogP contribution in [-0.2, 0) is 6.42 Å². The lowest BCUT2D eigenvalue weighted by atomic mass is 9.90. The standard InChI is InChI=1S/C26H31ClN4/c27-23-11-9-21(10-12-23)26(25-8-4-5-15-29-25)22-13-17-31(18-14-22)16-6-2-1-3-7-24-19-28-20-30-24/h4-5,8-12,15,19-20H,1-3,6-7,13-14,16-18H2,(H,28,30). The van der Waals surface area contributed by atoms with E-state index >= 15 is 0 Å². The van der Waals surface area contributed by atoms with Crippen LogP contribution in [0.5, 0.6) is 0 Å². The molecular formula is C26H31ClN4. The second-order valence-corrected chi connectivity index (χ2v) is 8.70. The van der Waals surface area contributed by atoms with Gasteiger partial charge in [-0.05, 0) is 68.5 Å². The summed E-state index contributed by atoms with van der Waals surface area (Å²) < 4.78 is 0. The molecule has 0 unspecified atom stereocenters. The van der Waals surface area contributed by atoms with Crippen LogP contribution in [0.2, 0.25) is 5.02 Å². The summed E-state index contributed by atoms with van der Waals surface area (Å²) in [4.78, 5) is 14.6. The van der Waals surface area contributed by atoms with Crippen molar-refractivity contribution in [2.45, 2.75) is 44.9 Å². The lowest BCUT2D eigenvalue weighted by Gasteiger charge is -2.30. The van der Waals surface area contributed by atoms with Gasteiger partial charge in [0.1, 0.15) is 0 Å². The van der Waals surface area contributed by atoms with Crippen molar-refractivity contribution >= 4 is 17.2 Å². The fourth-order valence-corrected chi connectivity index (χ4v) is 4.51. The first-order valence-electron chi connectivity index (χ1n) is 11.4. The third-order valence-electron chi connectivity index (χ3n) is 6.08. The van der Waals surface area contributed by atoms with Gasteiger partial charge in [-0.2, -0.15) is 0 Å². The van der Waals surface area contributed by atoms with Crippen LogP contribution in [0.1, 0.15) is 55.5 Å². The van der Waals surface area contributed by atoms with E-state index in [1.807, 2.05) is 30.6 Å². The Labute approximate surface area is 190 Å². The maximum absolute atomic E-state index is 6.13. The van der Waals surface area contributed by atoms with Crippen LogP contribution < -0.4 is 0 Å². The Morgan fingerprint density at radius 3 is 2.45 bits per heavy atom. The second kappa shape index (κ2) is 11.3. The number of aryl methyl sites for hydroxylation is 1. The average Bonchev–Trinajstić information content (AvgIpc) is 3.33. The normalized spacial score (nSPS) is 14.7. The molecule has 162 valence electrons. The van der Waals surface area contributed by atoms with Gasteiger partial charge in [-0.1, -0.05) is 48.2 Å². The lowest BCUT2D eigenvalue weighted by molar-refractivity contribution is 0.251. The van der Waals surface area contributed by atoms with Crippen LogP contribution >= 0.6 is 11.6 Å². The van der Waals surface area contributed by atoms with Crippen LogP contribution in [0.25, 0.3) is 5.57 Å². The number of rotatable bonds is 9. The number of H-pyrrole nitrogens is 1. The van der Waals surface area contributed by atoms with E-state index in [4.69, 9.17) is 11.6 Å². The molecule has 1 aliphatic rings. The zero-order valence-electron chi connectivity index (χ0n) is 18.1. The van der Waals surface area contributed by atoms with Crippen LogP contribution in [-0.4, -0.2) is 39.5 Å². The summed E-state index contributed by atoms with van der Waals surface area (Å²) in [5, 5.41) is 0.772. The topological polar surface area (TPSA) is 44.8 Å². The average molecular weight is 435 g/mol. The Balaban J connectivity index is 1.30. The highest BCUT2D eigenvalue weighted by molar-refractivity contribution is 6.30. The molecule has 1 aromatic carbocycles. The molecular weight excluding hydrogens is 404 g/mol. The molecule has 5 heteroatoms. The van der Waals surface area contributed by atoms with Gasteiger partial charge in [0.2, 0.25) is 0 Å². The van der Waals surface area contributed by atoms with Gasteiger partial charge < -0.3 is 9.88 Å². The maximum Gasteiger partial charge on any atom is 0.0923 e. The van der Waals surface area contributed by atoms with Crippen molar-refractivity contribution in [2.75, 3.05) is 19.6 Å². The summed E-state index contributed by atoms with van der Waals surface area (Å²) in [5.41, 5.74) is 6.25. The number of piperidine rings is 1. The molecule has 0 saturated carbocycles. The van der Waals surface area contributed by atoms with Gasteiger partial charge in [0, 0.05) is 36.1 Å². The second-order valence-electron chi connectivity index (χ2n) is 8.27. The number of nitrogens with zero attached hydrogens (tertiary/aromatic N) is 3. The van der Waals surface area contributed by atoms with Gasteiger partial charge in [0.15, 0.2) is 0 Å². The largest absolute Gasteiger partial charge is 0.351 e. The SMILES string of the molecule is Clc1ccc(C(=C2CCN(CCCCCCc3c[nH]cn3)CC2)c2ccccn2)cc1. The van der Waals surface area contributed by atoms with Gasteiger partial charge >= 0.3 is 0 Å². The predicted molar refractivity (Wildman–Crippen MR) is 128 cm³/mol. The molecule has 0 spiro atoms. The first-order valence-corrected chi connectivity index (χ1v) is 11.8. The van der Waals surface area contributed by atoms with E-state index in [0.29, 0.717) is 0 Å². The number of benzene rings is 1. The number of aromatic nitrogens is 3. The van der Waals surface area contributed by atoms with E-state index in [1.165, 1.54) is 54.6 Å². The summed E-state index contributed by atoms with van der Waals surface area (Å²) in [5.74, 6) is 0. The van der Waals surface area contributed by atoms with E-state index in [2.05, 4.69) is 44.1 Å². The van der Waals surface area contributed by atoms with E-state index in [9.17, 15) is 0 Å². The molecule has 0 atom stereocenters. The molecule has 3 aromatic rings. The first-order chi connectivity index (χ1) is 15.3. The Morgan fingerprint density at radius 2 is 1.74 bits per heavy atom. The fraction of sp³-hybridized carbons (Fsp3) is 0.385. The molecule has 0 amide bonds. The zero-order chi connectivity index (χ0) is 21.3. The van der Waals surface area contributed by atoms with Crippen LogP contribution in [0.15, 0.2) is 66.8 Å². The van der Waals surface area contributed by atoms with Crippen LogP contribution in [0.3, 0.4) is 0 Å². The number of likely N-dealkylation sites (tertiary alicyclic amines) is 1. The molecule has 1 saturated heterocycles. The van der Waals surface area contributed by atoms with Gasteiger partial charge in [0.05, 0.1) is 17.7 Å². The summed E-state index contributed by atoms with van der Waals surface area (Å²) in [6, 6.07) is 14.4. The van der Waals surface area contributed by atoms with Gasteiger partial charge in [-0.25, -0.2) is 4.98 Å². The van der Waals surface area contributed by atoms with Crippen molar-refractivity contribution in [1.29, 1.82) is 0 Å². The van der Waals surface area contributed by atoms with Gasteiger partial charge in [0.25, 0.3) is 0 Å². The summed E-state index contributed by atoms with van der Waals surface area (Å²) in [6.45, 7) is 3.47. The molecule has 2 aromatic heterocycles. The monoisotopic (exact) mass is 434 g/mol. The third kappa shape index (κ3) is 6.28. The Bertz CT molecular complexity index is 939. The highest BCUT2D eigenvalue weighted by Crippen LogP contribution is 2.32. The van der Waals surface area contributed by atoms with Crippen LogP contribution in [0.4, 0.5) is 0 Å². The molecule has 31 heavy (non-hydrogen) atoms. The molecule has 4 rings (SSSR count). The molecule has 1 fully saturated rings. The molecule has 0 radical (unpaired) electrons. The molecule has 1 N–H and O–H groups in total. The highest BCUT2D eigenvalue weighted by atomic mass is 35.5. The fourth-order valence-electron chi connectivity index (χ4n) is 4.38. The number of pyridine rings is 1.